The van der Waals surface area contributed by atoms with Crippen molar-refractivity contribution in [3.8, 4) is 0 Å². The van der Waals surface area contributed by atoms with E-state index in [-0.39, 0.29) is 24.7 Å². The molecule has 7 nitrogen and oxygen atoms in total. The molecule has 1 aromatic rings. The molecule has 0 aliphatic carbocycles. The second-order valence-corrected chi connectivity index (χ2v) is 5.22. The number of hydrogen-bond acceptors (Lipinski definition) is 5. The molecule has 1 aliphatic rings. The van der Waals surface area contributed by atoms with Gasteiger partial charge < -0.3 is 20.6 Å². The molecular weight excluding hydrogens is 270 g/mol. The Morgan fingerprint density at radius 1 is 1.43 bits per heavy atom. The van der Waals surface area contributed by atoms with Crippen LogP contribution in [0.5, 0.6) is 0 Å². The van der Waals surface area contributed by atoms with E-state index in [4.69, 9.17) is 5.11 Å². The van der Waals surface area contributed by atoms with Gasteiger partial charge in [0, 0.05) is 31.5 Å². The van der Waals surface area contributed by atoms with Crippen molar-refractivity contribution in [1.29, 1.82) is 0 Å². The van der Waals surface area contributed by atoms with Crippen LogP contribution in [0.15, 0.2) is 18.5 Å². The maximum absolute atomic E-state index is 11.8. The highest BCUT2D eigenvalue weighted by Crippen LogP contribution is 2.15. The standard InChI is InChI=1S/C14H23N5O2/c1-2-11(10-20)17-14(21)18-12-4-8-19(9-5-12)13-15-6-3-7-16-13/h3,6-7,11-12,20H,2,4-5,8-10H2,1H3,(H2,17,18,21)/t11-/m1/s1. The van der Waals surface area contributed by atoms with Crippen molar-refractivity contribution >= 4 is 12.0 Å². The lowest BCUT2D eigenvalue weighted by molar-refractivity contribution is 0.210. The third-order valence-corrected chi connectivity index (χ3v) is 3.71. The van der Waals surface area contributed by atoms with Crippen LogP contribution in [0.4, 0.5) is 10.7 Å². The number of nitrogens with one attached hydrogen (secondary N) is 2. The molecule has 0 aromatic carbocycles. The number of anilines is 1. The summed E-state index contributed by atoms with van der Waals surface area (Å²) >= 11 is 0. The fourth-order valence-electron chi connectivity index (χ4n) is 2.37. The molecule has 116 valence electrons. The lowest BCUT2D eigenvalue weighted by atomic mass is 10.1. The Morgan fingerprint density at radius 3 is 2.67 bits per heavy atom. The topological polar surface area (TPSA) is 90.4 Å². The number of aliphatic hydroxyl groups excluding tert-OH is 1. The van der Waals surface area contributed by atoms with Crippen LogP contribution in [-0.4, -0.2) is 52.9 Å². The van der Waals surface area contributed by atoms with E-state index in [1.54, 1.807) is 18.5 Å². The number of hydrogen-bond donors (Lipinski definition) is 3. The predicted octanol–water partition coefficient (Wildman–Crippen LogP) is 0.515. The van der Waals surface area contributed by atoms with Gasteiger partial charge in [-0.3, -0.25) is 0 Å². The SMILES string of the molecule is CC[C@H](CO)NC(=O)NC1CCN(c2ncccn2)CC1. The second-order valence-electron chi connectivity index (χ2n) is 5.22. The Morgan fingerprint density at radius 2 is 2.10 bits per heavy atom. The van der Waals surface area contributed by atoms with Gasteiger partial charge in [-0.25, -0.2) is 14.8 Å². The first-order valence-corrected chi connectivity index (χ1v) is 7.42. The van der Waals surface area contributed by atoms with E-state index in [2.05, 4.69) is 25.5 Å². The molecule has 0 bridgehead atoms. The maximum Gasteiger partial charge on any atom is 0.315 e. The maximum atomic E-state index is 11.8. The molecule has 1 saturated heterocycles. The molecule has 2 heterocycles. The predicted molar refractivity (Wildman–Crippen MR) is 80.1 cm³/mol. The van der Waals surface area contributed by atoms with E-state index in [1.165, 1.54) is 0 Å². The first-order valence-electron chi connectivity index (χ1n) is 7.42. The molecule has 2 rings (SSSR count). The fourth-order valence-corrected chi connectivity index (χ4v) is 2.37. The van der Waals surface area contributed by atoms with Gasteiger partial charge in [0.2, 0.25) is 5.95 Å². The molecule has 2 amide bonds. The van der Waals surface area contributed by atoms with E-state index in [0.717, 1.165) is 31.9 Å². The fraction of sp³-hybridized carbons (Fsp3) is 0.643. The van der Waals surface area contributed by atoms with Crippen LogP contribution in [0.3, 0.4) is 0 Å². The summed E-state index contributed by atoms with van der Waals surface area (Å²) in [5, 5.41) is 14.8. The first kappa shape index (κ1) is 15.5. The van der Waals surface area contributed by atoms with E-state index in [0.29, 0.717) is 6.42 Å². The molecule has 7 heteroatoms. The van der Waals surface area contributed by atoms with E-state index >= 15 is 0 Å². The molecule has 0 unspecified atom stereocenters. The zero-order chi connectivity index (χ0) is 15.1. The Balaban J connectivity index is 1.75. The van der Waals surface area contributed by atoms with Gasteiger partial charge in [-0.1, -0.05) is 6.92 Å². The lowest BCUT2D eigenvalue weighted by Crippen LogP contribution is -2.50. The molecule has 21 heavy (non-hydrogen) atoms. The lowest BCUT2D eigenvalue weighted by Gasteiger charge is -2.32. The zero-order valence-electron chi connectivity index (χ0n) is 12.3. The summed E-state index contributed by atoms with van der Waals surface area (Å²) in [7, 11) is 0. The number of piperidine rings is 1. The molecule has 1 aliphatic heterocycles. The quantitative estimate of drug-likeness (QED) is 0.736. The number of nitrogens with zero attached hydrogens (tertiary/aromatic N) is 3. The van der Waals surface area contributed by atoms with Crippen LogP contribution < -0.4 is 15.5 Å². The van der Waals surface area contributed by atoms with Gasteiger partial charge in [0.25, 0.3) is 0 Å². The molecule has 3 N–H and O–H groups in total. The van der Waals surface area contributed by atoms with Gasteiger partial charge >= 0.3 is 6.03 Å². The summed E-state index contributed by atoms with van der Waals surface area (Å²) in [5.41, 5.74) is 0. The van der Waals surface area contributed by atoms with Crippen molar-refractivity contribution in [3.63, 3.8) is 0 Å². The normalized spacial score (nSPS) is 17.3. The molecular formula is C14H23N5O2. The van der Waals surface area contributed by atoms with Crippen LogP contribution >= 0.6 is 0 Å². The Labute approximate surface area is 124 Å². The molecule has 1 fully saturated rings. The Kier molecular flexibility index (Phi) is 5.74. The molecule has 1 atom stereocenters. The van der Waals surface area contributed by atoms with Crippen LogP contribution in [0.1, 0.15) is 26.2 Å². The van der Waals surface area contributed by atoms with Gasteiger partial charge in [0.1, 0.15) is 0 Å². The van der Waals surface area contributed by atoms with E-state index in [9.17, 15) is 4.79 Å². The molecule has 0 radical (unpaired) electrons. The summed E-state index contributed by atoms with van der Waals surface area (Å²) in [6.45, 7) is 3.55. The number of aromatic nitrogens is 2. The minimum Gasteiger partial charge on any atom is -0.394 e. The summed E-state index contributed by atoms with van der Waals surface area (Å²) in [6, 6.07) is 1.57. The van der Waals surface area contributed by atoms with Crippen LogP contribution in [0, 0.1) is 0 Å². The highest BCUT2D eigenvalue weighted by Gasteiger charge is 2.22. The number of urea groups is 1. The highest BCUT2D eigenvalue weighted by atomic mass is 16.3. The number of carbonyl (C=O) groups excluding carboxylic acids is 1. The van der Waals surface area contributed by atoms with Crippen molar-refractivity contribution in [3.05, 3.63) is 18.5 Å². The summed E-state index contributed by atoms with van der Waals surface area (Å²) in [5.74, 6) is 0.742. The van der Waals surface area contributed by atoms with Gasteiger partial charge in [0.05, 0.1) is 12.6 Å². The molecule has 0 saturated carbocycles. The molecule has 0 spiro atoms. The smallest absolute Gasteiger partial charge is 0.315 e. The molecule has 1 aromatic heterocycles. The summed E-state index contributed by atoms with van der Waals surface area (Å²) in [4.78, 5) is 22.4. The Bertz CT molecular complexity index is 430. The third kappa shape index (κ3) is 4.56. The first-order chi connectivity index (χ1) is 10.2. The monoisotopic (exact) mass is 293 g/mol. The minimum atomic E-state index is -0.203. The second kappa shape index (κ2) is 7.78. The number of rotatable bonds is 5. The van der Waals surface area contributed by atoms with Crippen molar-refractivity contribution in [2.45, 2.75) is 38.3 Å². The average Bonchev–Trinajstić information content (AvgIpc) is 2.54. The van der Waals surface area contributed by atoms with Crippen LogP contribution in [0.2, 0.25) is 0 Å². The van der Waals surface area contributed by atoms with Crippen molar-refractivity contribution in [2.24, 2.45) is 0 Å². The summed E-state index contributed by atoms with van der Waals surface area (Å²) in [6.07, 6.45) is 5.91. The average molecular weight is 293 g/mol. The Hall–Kier alpha value is -1.89. The highest BCUT2D eigenvalue weighted by molar-refractivity contribution is 5.74. The number of aliphatic hydroxyl groups is 1. The van der Waals surface area contributed by atoms with Gasteiger partial charge in [-0.05, 0) is 25.3 Å². The summed E-state index contributed by atoms with van der Waals surface area (Å²) < 4.78 is 0. The zero-order valence-corrected chi connectivity index (χ0v) is 12.3. The van der Waals surface area contributed by atoms with Crippen LogP contribution in [-0.2, 0) is 0 Å². The van der Waals surface area contributed by atoms with Crippen LogP contribution in [0.25, 0.3) is 0 Å². The number of carbonyl (C=O) groups is 1. The van der Waals surface area contributed by atoms with Gasteiger partial charge in [0.15, 0.2) is 0 Å². The van der Waals surface area contributed by atoms with E-state index < -0.39 is 0 Å². The largest absolute Gasteiger partial charge is 0.394 e. The van der Waals surface area contributed by atoms with Crippen molar-refractivity contribution in [2.75, 3.05) is 24.6 Å². The van der Waals surface area contributed by atoms with Gasteiger partial charge in [-0.15, -0.1) is 0 Å². The van der Waals surface area contributed by atoms with Gasteiger partial charge in [-0.2, -0.15) is 0 Å². The van der Waals surface area contributed by atoms with Crippen molar-refractivity contribution in [1.82, 2.24) is 20.6 Å². The number of amides is 2. The third-order valence-electron chi connectivity index (χ3n) is 3.71. The minimum absolute atomic E-state index is 0.0340. The van der Waals surface area contributed by atoms with E-state index in [1.807, 2.05) is 6.92 Å². The van der Waals surface area contributed by atoms with Crippen molar-refractivity contribution < 1.29 is 9.90 Å².